The zero-order valence-corrected chi connectivity index (χ0v) is 18.6. The van der Waals surface area contributed by atoms with Gasteiger partial charge in [0.15, 0.2) is 6.61 Å². The third-order valence-electron chi connectivity index (χ3n) is 4.49. The summed E-state index contributed by atoms with van der Waals surface area (Å²) in [5.74, 6) is 0.763. The van der Waals surface area contributed by atoms with Gasteiger partial charge in [0, 0.05) is 17.6 Å². The maximum Gasteiger partial charge on any atom is 0.261 e. The number of amides is 2. The third kappa shape index (κ3) is 6.95. The summed E-state index contributed by atoms with van der Waals surface area (Å²) >= 11 is 5.98. The van der Waals surface area contributed by atoms with Crippen LogP contribution in [0.5, 0.6) is 11.5 Å². The van der Waals surface area contributed by atoms with Crippen molar-refractivity contribution in [3.8, 4) is 11.5 Å². The Bertz CT molecular complexity index is 839. The number of nitrogens with zero attached hydrogens (tertiary/aromatic N) is 1. The molecule has 0 spiro atoms. The van der Waals surface area contributed by atoms with Crippen LogP contribution in [0.1, 0.15) is 32.8 Å². The smallest absolute Gasteiger partial charge is 0.261 e. The highest BCUT2D eigenvalue weighted by atomic mass is 35.5. The van der Waals surface area contributed by atoms with E-state index in [1.807, 2.05) is 45.0 Å². The summed E-state index contributed by atoms with van der Waals surface area (Å²) in [5.41, 5.74) is 0.891. The lowest BCUT2D eigenvalue weighted by Crippen LogP contribution is -2.51. The predicted molar refractivity (Wildman–Crippen MR) is 118 cm³/mol. The minimum Gasteiger partial charge on any atom is -0.497 e. The molecular formula is C23H29ClN2O4. The Labute approximate surface area is 183 Å². The van der Waals surface area contributed by atoms with E-state index in [9.17, 15) is 9.59 Å². The van der Waals surface area contributed by atoms with Gasteiger partial charge in [-0.05, 0) is 56.2 Å². The van der Waals surface area contributed by atoms with Crippen molar-refractivity contribution in [1.82, 2.24) is 10.2 Å². The van der Waals surface area contributed by atoms with Gasteiger partial charge in [0.05, 0.1) is 7.11 Å². The highest BCUT2D eigenvalue weighted by Gasteiger charge is 2.29. The number of carbonyl (C=O) groups excluding carboxylic acids is 2. The highest BCUT2D eigenvalue weighted by Crippen LogP contribution is 2.19. The van der Waals surface area contributed by atoms with Gasteiger partial charge >= 0.3 is 0 Å². The van der Waals surface area contributed by atoms with E-state index >= 15 is 0 Å². The molecule has 7 heteroatoms. The van der Waals surface area contributed by atoms with E-state index in [0.29, 0.717) is 17.2 Å². The summed E-state index contributed by atoms with van der Waals surface area (Å²) < 4.78 is 10.8. The van der Waals surface area contributed by atoms with E-state index in [1.54, 1.807) is 36.3 Å². The molecule has 0 aliphatic rings. The largest absolute Gasteiger partial charge is 0.497 e. The summed E-state index contributed by atoms with van der Waals surface area (Å²) in [4.78, 5) is 27.4. The number of hydrogen-bond donors (Lipinski definition) is 1. The van der Waals surface area contributed by atoms with Crippen LogP contribution >= 0.6 is 11.6 Å². The van der Waals surface area contributed by atoms with Crippen LogP contribution in [0.2, 0.25) is 5.02 Å². The van der Waals surface area contributed by atoms with Gasteiger partial charge in [-0.3, -0.25) is 9.59 Å². The molecule has 1 N–H and O–H groups in total. The van der Waals surface area contributed by atoms with E-state index in [4.69, 9.17) is 21.1 Å². The average molecular weight is 433 g/mol. The summed E-state index contributed by atoms with van der Waals surface area (Å²) in [5, 5.41) is 3.43. The number of nitrogens with one attached hydrogen (secondary N) is 1. The third-order valence-corrected chi connectivity index (χ3v) is 4.72. The van der Waals surface area contributed by atoms with Gasteiger partial charge in [0.25, 0.3) is 5.91 Å². The molecule has 0 saturated carbocycles. The van der Waals surface area contributed by atoms with E-state index < -0.39 is 6.04 Å². The fraction of sp³-hybridized carbons (Fsp3) is 0.391. The molecule has 0 bridgehead atoms. The predicted octanol–water partition coefficient (Wildman–Crippen LogP) is 4.06. The topological polar surface area (TPSA) is 67.9 Å². The molecule has 162 valence electrons. The van der Waals surface area contributed by atoms with Crippen molar-refractivity contribution in [3.05, 3.63) is 59.1 Å². The molecule has 6 nitrogen and oxygen atoms in total. The molecule has 0 aliphatic carbocycles. The standard InChI is InChI=1S/C23H29ClN2O4/c1-5-21(23(28)25-16(2)3)26(14-17-9-11-19(29-4)12-10-17)22(27)15-30-20-8-6-7-18(24)13-20/h6-13,16,21H,5,14-15H2,1-4H3,(H,25,28)/t21-/m1/s1. The second-order valence-corrected chi connectivity index (χ2v) is 7.64. The van der Waals surface area contributed by atoms with Gasteiger partial charge in [-0.25, -0.2) is 0 Å². The first kappa shape index (κ1) is 23.5. The number of benzene rings is 2. The SMILES string of the molecule is CC[C@H](C(=O)NC(C)C)N(Cc1ccc(OC)cc1)C(=O)COc1cccc(Cl)c1. The van der Waals surface area contributed by atoms with Gasteiger partial charge in [0.2, 0.25) is 5.91 Å². The lowest BCUT2D eigenvalue weighted by molar-refractivity contribution is -0.143. The van der Waals surface area contributed by atoms with E-state index in [-0.39, 0.29) is 31.0 Å². The molecule has 0 saturated heterocycles. The highest BCUT2D eigenvalue weighted by molar-refractivity contribution is 6.30. The van der Waals surface area contributed by atoms with E-state index in [0.717, 1.165) is 11.3 Å². The Morgan fingerprint density at radius 1 is 1.10 bits per heavy atom. The van der Waals surface area contributed by atoms with E-state index in [1.165, 1.54) is 0 Å². The maximum atomic E-state index is 13.1. The number of rotatable bonds is 10. The van der Waals surface area contributed by atoms with Crippen molar-refractivity contribution in [2.24, 2.45) is 0 Å². The number of carbonyl (C=O) groups is 2. The van der Waals surface area contributed by atoms with Gasteiger partial charge in [-0.1, -0.05) is 36.7 Å². The Balaban J connectivity index is 2.20. The normalized spacial score (nSPS) is 11.7. The first-order valence-corrected chi connectivity index (χ1v) is 10.3. The molecular weight excluding hydrogens is 404 g/mol. The molecule has 2 aromatic carbocycles. The Hall–Kier alpha value is -2.73. The second kappa shape index (κ2) is 11.5. The summed E-state index contributed by atoms with van der Waals surface area (Å²) in [6.45, 7) is 5.76. The second-order valence-electron chi connectivity index (χ2n) is 7.20. The van der Waals surface area contributed by atoms with Gasteiger partial charge in [0.1, 0.15) is 17.5 Å². The molecule has 2 rings (SSSR count). The molecule has 0 heterocycles. The molecule has 0 fully saturated rings. The lowest BCUT2D eigenvalue weighted by atomic mass is 10.1. The first-order valence-electron chi connectivity index (χ1n) is 9.95. The molecule has 0 aromatic heterocycles. The van der Waals surface area contributed by atoms with Gasteiger partial charge < -0.3 is 19.7 Å². The molecule has 0 unspecified atom stereocenters. The maximum absolute atomic E-state index is 13.1. The number of methoxy groups -OCH3 is 1. The summed E-state index contributed by atoms with van der Waals surface area (Å²) in [6, 6.07) is 13.6. The zero-order valence-electron chi connectivity index (χ0n) is 17.9. The van der Waals surface area contributed by atoms with Crippen molar-refractivity contribution in [1.29, 1.82) is 0 Å². The van der Waals surface area contributed by atoms with Crippen LogP contribution in [0.15, 0.2) is 48.5 Å². The number of hydrogen-bond acceptors (Lipinski definition) is 4. The van der Waals surface area contributed by atoms with Gasteiger partial charge in [-0.15, -0.1) is 0 Å². The van der Waals surface area contributed by atoms with Crippen LogP contribution in [0, 0.1) is 0 Å². The van der Waals surface area contributed by atoms with Gasteiger partial charge in [-0.2, -0.15) is 0 Å². The Morgan fingerprint density at radius 3 is 2.37 bits per heavy atom. The quantitative estimate of drug-likeness (QED) is 0.614. The van der Waals surface area contributed by atoms with E-state index in [2.05, 4.69) is 5.32 Å². The summed E-state index contributed by atoms with van der Waals surface area (Å²) in [7, 11) is 1.60. The molecule has 2 aromatic rings. The molecule has 2 amide bonds. The van der Waals surface area contributed by atoms with Crippen LogP contribution in [0.4, 0.5) is 0 Å². The van der Waals surface area contributed by atoms with Crippen molar-refractivity contribution >= 4 is 23.4 Å². The van der Waals surface area contributed by atoms with Crippen LogP contribution in [-0.2, 0) is 16.1 Å². The minimum absolute atomic E-state index is 0.0211. The van der Waals surface area contributed by atoms with Crippen molar-refractivity contribution < 1.29 is 19.1 Å². The lowest BCUT2D eigenvalue weighted by Gasteiger charge is -2.31. The fourth-order valence-corrected chi connectivity index (χ4v) is 3.19. The molecule has 0 radical (unpaired) electrons. The monoisotopic (exact) mass is 432 g/mol. The number of halogens is 1. The summed E-state index contributed by atoms with van der Waals surface area (Å²) in [6.07, 6.45) is 0.484. The molecule has 30 heavy (non-hydrogen) atoms. The minimum atomic E-state index is -0.607. The van der Waals surface area contributed by atoms with Crippen LogP contribution in [-0.4, -0.2) is 42.5 Å². The zero-order chi connectivity index (χ0) is 22.1. The number of ether oxygens (including phenoxy) is 2. The Morgan fingerprint density at radius 2 is 1.80 bits per heavy atom. The fourth-order valence-electron chi connectivity index (χ4n) is 3.01. The van der Waals surface area contributed by atoms with Crippen LogP contribution in [0.25, 0.3) is 0 Å². The molecule has 1 atom stereocenters. The first-order chi connectivity index (χ1) is 14.3. The van der Waals surface area contributed by atoms with Crippen LogP contribution in [0.3, 0.4) is 0 Å². The van der Waals surface area contributed by atoms with Crippen molar-refractivity contribution in [2.45, 2.75) is 45.8 Å². The Kier molecular flexibility index (Phi) is 8.99. The van der Waals surface area contributed by atoms with Crippen molar-refractivity contribution in [2.75, 3.05) is 13.7 Å². The van der Waals surface area contributed by atoms with Crippen molar-refractivity contribution in [3.63, 3.8) is 0 Å². The molecule has 0 aliphatic heterocycles. The average Bonchev–Trinajstić information content (AvgIpc) is 2.72. The van der Waals surface area contributed by atoms with Crippen LogP contribution < -0.4 is 14.8 Å².